The van der Waals surface area contributed by atoms with Gasteiger partial charge in [-0.2, -0.15) is 17.4 Å². The molecule has 2 atom stereocenters. The molecule has 2 aliphatic heterocycles. The zero-order valence-electron chi connectivity index (χ0n) is 19.5. The fourth-order valence-electron chi connectivity index (χ4n) is 5.29. The van der Waals surface area contributed by atoms with Gasteiger partial charge in [-0.3, -0.25) is 4.79 Å². The Balaban J connectivity index is 1.62. The van der Waals surface area contributed by atoms with Crippen LogP contribution in [0.5, 0.6) is 0 Å². The molecule has 34 heavy (non-hydrogen) atoms. The Hall–Kier alpha value is -2.30. The smallest absolute Gasteiger partial charge is 0.279 e. The first-order chi connectivity index (χ1) is 16.4. The number of ether oxygens (including phenoxy) is 2. The van der Waals surface area contributed by atoms with Crippen molar-refractivity contribution in [1.29, 1.82) is 0 Å². The Kier molecular flexibility index (Phi) is 7.69. The normalized spacial score (nSPS) is 21.9. The SMILES string of the molecule is COC(c1ccccc1C(N)=O)C1(c2ccccc2)CCN(S(=O)(=O)NCC2CCCO2)CC1. The lowest BCUT2D eigenvalue weighted by molar-refractivity contribution is 0.00468. The fraction of sp³-hybridized carbons (Fsp3) is 0.480. The lowest BCUT2D eigenvalue weighted by atomic mass is 9.66. The molecular weight excluding hydrogens is 454 g/mol. The van der Waals surface area contributed by atoms with Crippen LogP contribution in [0.2, 0.25) is 0 Å². The second-order valence-electron chi connectivity index (χ2n) is 8.98. The van der Waals surface area contributed by atoms with Crippen molar-refractivity contribution >= 4 is 16.1 Å². The van der Waals surface area contributed by atoms with E-state index in [1.54, 1.807) is 19.2 Å². The molecule has 2 aliphatic rings. The number of piperidine rings is 1. The van der Waals surface area contributed by atoms with Crippen molar-refractivity contribution in [2.75, 3.05) is 33.4 Å². The Morgan fingerprint density at radius 1 is 1.18 bits per heavy atom. The van der Waals surface area contributed by atoms with Crippen molar-refractivity contribution in [3.05, 3.63) is 71.3 Å². The summed E-state index contributed by atoms with van der Waals surface area (Å²) < 4.78 is 41.8. The number of nitrogens with two attached hydrogens (primary N) is 1. The highest BCUT2D eigenvalue weighted by molar-refractivity contribution is 7.87. The lowest BCUT2D eigenvalue weighted by Gasteiger charge is -2.46. The first-order valence-corrected chi connectivity index (χ1v) is 13.1. The Morgan fingerprint density at radius 3 is 2.47 bits per heavy atom. The number of benzene rings is 2. The third-order valence-electron chi connectivity index (χ3n) is 7.07. The monoisotopic (exact) mass is 487 g/mol. The van der Waals surface area contributed by atoms with Crippen LogP contribution in [0.15, 0.2) is 54.6 Å². The number of carbonyl (C=O) groups is 1. The zero-order chi connectivity index (χ0) is 24.2. The summed E-state index contributed by atoms with van der Waals surface area (Å²) in [7, 11) is -2.01. The van der Waals surface area contributed by atoms with E-state index in [2.05, 4.69) is 4.72 Å². The molecule has 3 N–H and O–H groups in total. The van der Waals surface area contributed by atoms with Crippen molar-refractivity contribution in [2.24, 2.45) is 5.73 Å². The molecule has 0 saturated carbocycles. The van der Waals surface area contributed by atoms with Gasteiger partial charge < -0.3 is 15.2 Å². The molecule has 9 heteroatoms. The third-order valence-corrected chi connectivity index (χ3v) is 8.64. The van der Waals surface area contributed by atoms with E-state index < -0.39 is 27.6 Å². The first kappa shape index (κ1) is 24.8. The van der Waals surface area contributed by atoms with Gasteiger partial charge in [0.05, 0.1) is 12.2 Å². The Bertz CT molecular complexity index is 1080. The van der Waals surface area contributed by atoms with Crippen molar-refractivity contribution < 1.29 is 22.7 Å². The molecule has 2 aromatic carbocycles. The maximum Gasteiger partial charge on any atom is 0.279 e. The van der Waals surface area contributed by atoms with Crippen LogP contribution in [0.4, 0.5) is 0 Å². The van der Waals surface area contributed by atoms with Crippen molar-refractivity contribution in [3.63, 3.8) is 0 Å². The van der Waals surface area contributed by atoms with E-state index in [0.717, 1.165) is 18.4 Å². The second kappa shape index (κ2) is 10.5. The third kappa shape index (κ3) is 5.04. The van der Waals surface area contributed by atoms with Crippen LogP contribution < -0.4 is 10.5 Å². The van der Waals surface area contributed by atoms with E-state index in [0.29, 0.717) is 43.7 Å². The second-order valence-corrected chi connectivity index (χ2v) is 10.7. The van der Waals surface area contributed by atoms with E-state index in [-0.39, 0.29) is 12.6 Å². The summed E-state index contributed by atoms with van der Waals surface area (Å²) in [5.41, 5.74) is 7.33. The van der Waals surface area contributed by atoms with E-state index in [9.17, 15) is 13.2 Å². The standard InChI is InChI=1S/C25H33N3O5S/c1-32-23(21-11-5-6-12-22(21)24(26)29)25(19-8-3-2-4-9-19)13-15-28(16-14-25)34(30,31)27-18-20-10-7-17-33-20/h2-6,8-9,11-12,20,23,27H,7,10,13-18H2,1H3,(H2,26,29). The molecular formula is C25H33N3O5S. The number of carbonyl (C=O) groups excluding carboxylic acids is 1. The molecule has 2 unspecified atom stereocenters. The quantitative estimate of drug-likeness (QED) is 0.565. The first-order valence-electron chi connectivity index (χ1n) is 11.7. The number of primary amides is 1. The maximum atomic E-state index is 13.0. The van der Waals surface area contributed by atoms with Gasteiger partial charge in [-0.25, -0.2) is 0 Å². The summed E-state index contributed by atoms with van der Waals surface area (Å²) in [6, 6.07) is 17.2. The summed E-state index contributed by atoms with van der Waals surface area (Å²) in [5.74, 6) is -0.515. The molecule has 2 aromatic rings. The van der Waals surface area contributed by atoms with Crippen LogP contribution in [0.1, 0.15) is 53.3 Å². The van der Waals surface area contributed by atoms with E-state index >= 15 is 0 Å². The molecule has 0 aromatic heterocycles. The maximum absolute atomic E-state index is 13.0. The summed E-state index contributed by atoms with van der Waals surface area (Å²) in [6.45, 7) is 1.62. The highest BCUT2D eigenvalue weighted by Crippen LogP contribution is 2.48. The van der Waals surface area contributed by atoms with Gasteiger partial charge in [0.1, 0.15) is 0 Å². The van der Waals surface area contributed by atoms with Gasteiger partial charge in [0, 0.05) is 44.3 Å². The van der Waals surface area contributed by atoms with Crippen LogP contribution >= 0.6 is 0 Å². The van der Waals surface area contributed by atoms with Gasteiger partial charge in [0.2, 0.25) is 5.91 Å². The van der Waals surface area contributed by atoms with E-state index in [1.807, 2.05) is 42.5 Å². The van der Waals surface area contributed by atoms with E-state index in [4.69, 9.17) is 15.2 Å². The van der Waals surface area contributed by atoms with Gasteiger partial charge in [0.25, 0.3) is 10.2 Å². The van der Waals surface area contributed by atoms with Crippen LogP contribution in [-0.4, -0.2) is 58.1 Å². The highest BCUT2D eigenvalue weighted by atomic mass is 32.2. The minimum absolute atomic E-state index is 0.0638. The van der Waals surface area contributed by atoms with Crippen molar-refractivity contribution in [2.45, 2.75) is 43.3 Å². The largest absolute Gasteiger partial charge is 0.377 e. The average Bonchev–Trinajstić information content (AvgIpc) is 3.38. The molecule has 0 aliphatic carbocycles. The van der Waals surface area contributed by atoms with Crippen LogP contribution in [0.25, 0.3) is 0 Å². The number of methoxy groups -OCH3 is 1. The number of nitrogens with zero attached hydrogens (tertiary/aromatic N) is 1. The average molecular weight is 488 g/mol. The topological polar surface area (TPSA) is 111 Å². The molecule has 4 rings (SSSR count). The molecule has 0 radical (unpaired) electrons. The molecule has 1 amide bonds. The number of nitrogens with one attached hydrogen (secondary N) is 1. The van der Waals surface area contributed by atoms with Gasteiger partial charge in [-0.05, 0) is 42.9 Å². The Labute approximate surface area is 201 Å². The molecule has 2 heterocycles. The van der Waals surface area contributed by atoms with Gasteiger partial charge in [-0.1, -0.05) is 48.5 Å². The predicted molar refractivity (Wildman–Crippen MR) is 130 cm³/mol. The minimum Gasteiger partial charge on any atom is -0.377 e. The summed E-state index contributed by atoms with van der Waals surface area (Å²) in [5, 5.41) is 0. The number of hydrogen-bond donors (Lipinski definition) is 2. The van der Waals surface area contributed by atoms with Gasteiger partial charge in [-0.15, -0.1) is 0 Å². The zero-order valence-corrected chi connectivity index (χ0v) is 20.3. The van der Waals surface area contributed by atoms with Crippen molar-refractivity contribution in [1.82, 2.24) is 9.03 Å². The van der Waals surface area contributed by atoms with Gasteiger partial charge >= 0.3 is 0 Å². The fourth-order valence-corrected chi connectivity index (χ4v) is 6.54. The van der Waals surface area contributed by atoms with Crippen LogP contribution in [0, 0.1) is 0 Å². The number of hydrogen-bond acceptors (Lipinski definition) is 5. The number of rotatable bonds is 9. The van der Waals surface area contributed by atoms with Crippen LogP contribution in [0.3, 0.4) is 0 Å². The van der Waals surface area contributed by atoms with Gasteiger partial charge in [0.15, 0.2) is 0 Å². The molecule has 8 nitrogen and oxygen atoms in total. The molecule has 0 bridgehead atoms. The van der Waals surface area contributed by atoms with Crippen molar-refractivity contribution in [3.8, 4) is 0 Å². The van der Waals surface area contributed by atoms with Crippen LogP contribution in [-0.2, 0) is 25.1 Å². The molecule has 184 valence electrons. The lowest BCUT2D eigenvalue weighted by Crippen LogP contribution is -2.52. The Morgan fingerprint density at radius 2 is 1.85 bits per heavy atom. The summed E-state index contributed by atoms with van der Waals surface area (Å²) in [6.07, 6.45) is 2.36. The molecule has 2 saturated heterocycles. The minimum atomic E-state index is -3.63. The van der Waals surface area contributed by atoms with E-state index in [1.165, 1.54) is 4.31 Å². The molecule has 0 spiro atoms. The predicted octanol–water partition coefficient (Wildman–Crippen LogP) is 2.52. The number of amides is 1. The highest BCUT2D eigenvalue weighted by Gasteiger charge is 2.46. The summed E-state index contributed by atoms with van der Waals surface area (Å²) in [4.78, 5) is 12.2. The molecule has 2 fully saturated rings. The summed E-state index contributed by atoms with van der Waals surface area (Å²) >= 11 is 0.